The summed E-state index contributed by atoms with van der Waals surface area (Å²) in [5.41, 5.74) is 2.86. The molecule has 0 radical (unpaired) electrons. The molecule has 0 aliphatic rings. The highest BCUT2D eigenvalue weighted by Gasteiger charge is 2.24. The zero-order chi connectivity index (χ0) is 24.3. The Labute approximate surface area is 210 Å². The first-order valence-electron chi connectivity index (χ1n) is 10.4. The first-order chi connectivity index (χ1) is 16.2. The van der Waals surface area contributed by atoms with Crippen LogP contribution in [0.5, 0.6) is 0 Å². The van der Waals surface area contributed by atoms with E-state index in [2.05, 4.69) is 30.8 Å². The van der Waals surface area contributed by atoms with E-state index in [1.807, 2.05) is 35.8 Å². The highest BCUT2D eigenvalue weighted by molar-refractivity contribution is 9.10. The van der Waals surface area contributed by atoms with Crippen molar-refractivity contribution in [2.24, 2.45) is 0 Å². The third-order valence-electron chi connectivity index (χ3n) is 5.07. The number of aryl methyl sites for hydroxylation is 1. The molecule has 0 spiro atoms. The number of halogens is 2. The summed E-state index contributed by atoms with van der Waals surface area (Å²) in [6, 6.07) is 19.9. The smallest absolute Gasteiger partial charge is 0.241 e. The molecule has 10 heteroatoms. The van der Waals surface area contributed by atoms with Crippen molar-refractivity contribution in [3.8, 4) is 5.69 Å². The van der Waals surface area contributed by atoms with Crippen LogP contribution in [0.4, 0.5) is 4.39 Å². The minimum absolute atomic E-state index is 0.162. The second-order valence-corrected chi connectivity index (χ2v) is 11.3. The second-order valence-electron chi connectivity index (χ2n) is 7.72. The molecule has 34 heavy (non-hydrogen) atoms. The summed E-state index contributed by atoms with van der Waals surface area (Å²) in [7, 11) is -3.77. The van der Waals surface area contributed by atoms with Gasteiger partial charge in [-0.15, -0.1) is 10.2 Å². The maximum absolute atomic E-state index is 13.2. The van der Waals surface area contributed by atoms with Gasteiger partial charge in [0, 0.05) is 15.9 Å². The highest BCUT2D eigenvalue weighted by atomic mass is 79.9. The molecule has 176 valence electrons. The largest absolute Gasteiger partial charge is 0.273 e. The predicted molar refractivity (Wildman–Crippen MR) is 135 cm³/mol. The Hall–Kier alpha value is -2.53. The number of thioether (sulfide) groups is 1. The quantitative estimate of drug-likeness (QED) is 0.275. The topological polar surface area (TPSA) is 76.9 Å². The molecule has 6 nitrogen and oxygen atoms in total. The number of hydrogen-bond donors (Lipinski definition) is 1. The van der Waals surface area contributed by atoms with Crippen LogP contribution >= 0.6 is 27.7 Å². The Balaban J connectivity index is 1.65. The summed E-state index contributed by atoms with van der Waals surface area (Å²) in [6.07, 6.45) is 0. The maximum Gasteiger partial charge on any atom is 0.241 e. The number of benzene rings is 3. The van der Waals surface area contributed by atoms with E-state index in [1.54, 1.807) is 31.2 Å². The molecule has 1 aromatic heterocycles. The van der Waals surface area contributed by atoms with Crippen molar-refractivity contribution in [1.82, 2.24) is 19.5 Å². The fraction of sp³-hybridized carbons (Fsp3) is 0.167. The van der Waals surface area contributed by atoms with Gasteiger partial charge < -0.3 is 0 Å². The van der Waals surface area contributed by atoms with Crippen molar-refractivity contribution in [2.45, 2.75) is 35.7 Å². The number of aromatic nitrogens is 3. The lowest BCUT2D eigenvalue weighted by Crippen LogP contribution is -2.28. The zero-order valence-corrected chi connectivity index (χ0v) is 21.7. The van der Waals surface area contributed by atoms with Gasteiger partial charge in [0.1, 0.15) is 5.82 Å². The highest BCUT2D eigenvalue weighted by Crippen LogP contribution is 2.28. The Bertz CT molecular complexity index is 1370. The number of nitrogens with zero attached hydrogens (tertiary/aromatic N) is 3. The molecule has 4 aromatic rings. The van der Waals surface area contributed by atoms with Crippen molar-refractivity contribution in [3.05, 3.63) is 100 Å². The average molecular weight is 562 g/mol. The first-order valence-corrected chi connectivity index (χ1v) is 13.7. The van der Waals surface area contributed by atoms with Gasteiger partial charge in [-0.05, 0) is 67.9 Å². The Morgan fingerprint density at radius 3 is 2.29 bits per heavy atom. The van der Waals surface area contributed by atoms with Crippen LogP contribution in [0, 0.1) is 12.7 Å². The Kier molecular flexibility index (Phi) is 7.51. The van der Waals surface area contributed by atoms with E-state index in [-0.39, 0.29) is 10.7 Å². The van der Waals surface area contributed by atoms with E-state index in [1.165, 1.54) is 36.0 Å². The number of sulfonamides is 1. The fourth-order valence-electron chi connectivity index (χ4n) is 3.29. The van der Waals surface area contributed by atoms with E-state index in [0.717, 1.165) is 21.3 Å². The van der Waals surface area contributed by atoms with Gasteiger partial charge in [0.05, 0.1) is 10.9 Å². The number of rotatable bonds is 8. The summed E-state index contributed by atoms with van der Waals surface area (Å²) in [6.45, 7) is 3.73. The van der Waals surface area contributed by atoms with Gasteiger partial charge in [-0.1, -0.05) is 57.5 Å². The van der Waals surface area contributed by atoms with Crippen molar-refractivity contribution >= 4 is 37.7 Å². The van der Waals surface area contributed by atoms with Gasteiger partial charge in [-0.25, -0.2) is 17.5 Å². The van der Waals surface area contributed by atoms with Crippen LogP contribution in [-0.2, 0) is 15.8 Å². The van der Waals surface area contributed by atoms with Gasteiger partial charge >= 0.3 is 0 Å². The van der Waals surface area contributed by atoms with Crippen LogP contribution in [0.25, 0.3) is 5.69 Å². The molecule has 3 aromatic carbocycles. The van der Waals surface area contributed by atoms with E-state index >= 15 is 0 Å². The van der Waals surface area contributed by atoms with Gasteiger partial charge in [0.2, 0.25) is 10.0 Å². The standard InChI is InChI=1S/C24H22BrFN4O2S2/c1-16-3-11-21(12-4-16)30-23(17(2)29-34(31,32)22-13-7-19(25)8-14-22)27-28-24(30)33-15-18-5-9-20(26)10-6-18/h3-14,17,29H,15H2,1-2H3. The molecule has 4 rings (SSSR count). The lowest BCUT2D eigenvalue weighted by molar-refractivity contribution is 0.556. The summed E-state index contributed by atoms with van der Waals surface area (Å²) in [5, 5.41) is 9.28. The third-order valence-corrected chi connectivity index (χ3v) is 8.16. The Morgan fingerprint density at radius 2 is 1.65 bits per heavy atom. The van der Waals surface area contributed by atoms with E-state index in [4.69, 9.17) is 0 Å². The van der Waals surface area contributed by atoms with Crippen LogP contribution in [0.1, 0.15) is 29.9 Å². The van der Waals surface area contributed by atoms with Crippen molar-refractivity contribution in [1.29, 1.82) is 0 Å². The van der Waals surface area contributed by atoms with E-state index in [9.17, 15) is 12.8 Å². The monoisotopic (exact) mass is 560 g/mol. The van der Waals surface area contributed by atoms with Crippen molar-refractivity contribution < 1.29 is 12.8 Å². The van der Waals surface area contributed by atoms with Gasteiger partial charge in [0.15, 0.2) is 11.0 Å². The van der Waals surface area contributed by atoms with Gasteiger partial charge in [0.25, 0.3) is 0 Å². The fourth-order valence-corrected chi connectivity index (χ4v) is 5.67. The molecule has 0 saturated carbocycles. The molecule has 0 aliphatic carbocycles. The molecular formula is C24H22BrFN4O2S2. The molecule has 1 N–H and O–H groups in total. The normalized spacial score (nSPS) is 12.6. The number of nitrogens with one attached hydrogen (secondary N) is 1. The van der Waals surface area contributed by atoms with Crippen LogP contribution in [0.15, 0.2) is 87.3 Å². The van der Waals surface area contributed by atoms with Gasteiger partial charge in [-0.3, -0.25) is 4.57 Å². The summed E-state index contributed by atoms with van der Waals surface area (Å²) in [5.74, 6) is 0.736. The minimum atomic E-state index is -3.77. The Morgan fingerprint density at radius 1 is 1.00 bits per heavy atom. The molecule has 0 saturated heterocycles. The molecule has 1 unspecified atom stereocenters. The maximum atomic E-state index is 13.2. The molecule has 1 heterocycles. The van der Waals surface area contributed by atoms with Crippen molar-refractivity contribution in [3.63, 3.8) is 0 Å². The number of hydrogen-bond acceptors (Lipinski definition) is 5. The van der Waals surface area contributed by atoms with Crippen LogP contribution in [-0.4, -0.2) is 23.2 Å². The lowest BCUT2D eigenvalue weighted by Gasteiger charge is -2.17. The second kappa shape index (κ2) is 10.4. The SMILES string of the molecule is Cc1ccc(-n2c(SCc3ccc(F)cc3)nnc2C(C)NS(=O)(=O)c2ccc(Br)cc2)cc1. The van der Waals surface area contributed by atoms with E-state index in [0.29, 0.717) is 16.7 Å². The summed E-state index contributed by atoms with van der Waals surface area (Å²) in [4.78, 5) is 0.162. The molecule has 0 fully saturated rings. The minimum Gasteiger partial charge on any atom is -0.273 e. The molecule has 1 atom stereocenters. The van der Waals surface area contributed by atoms with Crippen LogP contribution in [0.2, 0.25) is 0 Å². The summed E-state index contributed by atoms with van der Waals surface area (Å²) < 4.78 is 44.5. The third kappa shape index (κ3) is 5.75. The molecule has 0 aliphatic heterocycles. The average Bonchev–Trinajstić information content (AvgIpc) is 3.23. The van der Waals surface area contributed by atoms with Crippen LogP contribution in [0.3, 0.4) is 0 Å². The summed E-state index contributed by atoms with van der Waals surface area (Å²) >= 11 is 4.76. The lowest BCUT2D eigenvalue weighted by atomic mass is 10.2. The predicted octanol–water partition coefficient (Wildman–Crippen LogP) is 5.81. The van der Waals surface area contributed by atoms with Crippen molar-refractivity contribution in [2.75, 3.05) is 0 Å². The van der Waals surface area contributed by atoms with Gasteiger partial charge in [-0.2, -0.15) is 0 Å². The van der Waals surface area contributed by atoms with E-state index < -0.39 is 16.1 Å². The molecular weight excluding hydrogens is 539 g/mol. The molecule has 0 bridgehead atoms. The molecule has 0 amide bonds. The first kappa shape index (κ1) is 24.6. The zero-order valence-electron chi connectivity index (χ0n) is 18.4. The van der Waals surface area contributed by atoms with Crippen LogP contribution < -0.4 is 4.72 Å².